The molecule has 2 amide bonds. The number of aryl methyl sites for hydroxylation is 1. The van der Waals surface area contributed by atoms with Gasteiger partial charge in [0.15, 0.2) is 6.04 Å². The maximum Gasteiger partial charge on any atom is 0.251 e. The van der Waals surface area contributed by atoms with Gasteiger partial charge in [-0.25, -0.2) is 4.68 Å². The van der Waals surface area contributed by atoms with Crippen molar-refractivity contribution >= 4 is 40.8 Å². The van der Waals surface area contributed by atoms with E-state index >= 15 is 0 Å². The van der Waals surface area contributed by atoms with Crippen molar-refractivity contribution < 1.29 is 9.59 Å². The first-order valence-corrected chi connectivity index (χ1v) is 7.36. The smallest absolute Gasteiger partial charge is 0.251 e. The molecule has 1 unspecified atom stereocenters. The normalized spacial score (nSPS) is 11.6. The van der Waals surface area contributed by atoms with Crippen LogP contribution in [0.2, 0.25) is 0 Å². The molecule has 0 radical (unpaired) electrons. The monoisotopic (exact) mass is 359 g/mol. The van der Waals surface area contributed by atoms with Gasteiger partial charge in [-0.2, -0.15) is 5.10 Å². The van der Waals surface area contributed by atoms with Crippen LogP contribution >= 0.6 is 12.4 Å². The molecule has 0 fully saturated rings. The Morgan fingerprint density at radius 1 is 1.20 bits per heavy atom. The Morgan fingerprint density at radius 2 is 1.96 bits per heavy atom. The lowest BCUT2D eigenvalue weighted by Gasteiger charge is -2.10. The molecule has 3 rings (SSSR count). The number of nitrogens with two attached hydrogens (primary N) is 2. The number of fused-ring (bicyclic) bond motifs is 1. The molecule has 130 valence electrons. The topological polar surface area (TPSA) is 116 Å². The minimum absolute atomic E-state index is 0. The number of halogens is 1. The lowest BCUT2D eigenvalue weighted by molar-refractivity contribution is -0.126. The summed E-state index contributed by atoms with van der Waals surface area (Å²) in [6.45, 7) is 2.01. The Labute approximate surface area is 150 Å². The van der Waals surface area contributed by atoms with Crippen molar-refractivity contribution in [2.75, 3.05) is 5.32 Å². The van der Waals surface area contributed by atoms with Crippen molar-refractivity contribution in [3.8, 4) is 5.69 Å². The summed E-state index contributed by atoms with van der Waals surface area (Å²) in [6, 6.07) is 11.9. The Hall–Kier alpha value is -2.90. The van der Waals surface area contributed by atoms with E-state index < -0.39 is 17.9 Å². The van der Waals surface area contributed by atoms with E-state index in [9.17, 15) is 9.59 Å². The van der Waals surface area contributed by atoms with E-state index in [0.29, 0.717) is 5.69 Å². The van der Waals surface area contributed by atoms with Crippen LogP contribution in [0.3, 0.4) is 0 Å². The number of benzene rings is 2. The van der Waals surface area contributed by atoms with Gasteiger partial charge in [0.05, 0.1) is 17.4 Å². The maximum atomic E-state index is 11.9. The second-order valence-corrected chi connectivity index (χ2v) is 5.54. The third kappa shape index (κ3) is 3.78. The van der Waals surface area contributed by atoms with Crippen LogP contribution in [-0.4, -0.2) is 27.6 Å². The van der Waals surface area contributed by atoms with Crippen molar-refractivity contribution in [3.05, 3.63) is 54.2 Å². The Balaban J connectivity index is 0.00000225. The van der Waals surface area contributed by atoms with Gasteiger partial charge >= 0.3 is 0 Å². The number of primary amides is 1. The highest BCUT2D eigenvalue weighted by molar-refractivity contribution is 6.09. The summed E-state index contributed by atoms with van der Waals surface area (Å²) in [7, 11) is 0. The van der Waals surface area contributed by atoms with E-state index in [4.69, 9.17) is 11.5 Å². The highest BCUT2D eigenvalue weighted by atomic mass is 35.5. The SMILES string of the molecule is Cc1cccc(-n2ncc3ccc(NC(=O)C(N)C(N)=O)cc32)c1.Cl. The molecule has 0 saturated carbocycles. The second-order valence-electron chi connectivity index (χ2n) is 5.54. The minimum Gasteiger partial charge on any atom is -0.368 e. The van der Waals surface area contributed by atoms with E-state index in [1.165, 1.54) is 0 Å². The first-order valence-electron chi connectivity index (χ1n) is 7.36. The van der Waals surface area contributed by atoms with Crippen LogP contribution in [0, 0.1) is 6.92 Å². The summed E-state index contributed by atoms with van der Waals surface area (Å²) in [5.74, 6) is -1.53. The average molecular weight is 360 g/mol. The van der Waals surface area contributed by atoms with Crippen molar-refractivity contribution in [2.45, 2.75) is 13.0 Å². The number of hydrogen-bond donors (Lipinski definition) is 3. The summed E-state index contributed by atoms with van der Waals surface area (Å²) in [5.41, 5.74) is 13.8. The maximum absolute atomic E-state index is 11.9. The quantitative estimate of drug-likeness (QED) is 0.612. The van der Waals surface area contributed by atoms with E-state index in [-0.39, 0.29) is 12.4 Å². The third-order valence-corrected chi connectivity index (χ3v) is 3.67. The molecule has 8 heteroatoms. The number of hydrogen-bond acceptors (Lipinski definition) is 4. The number of carbonyl (C=O) groups excluding carboxylic acids is 2. The Kier molecular flexibility index (Phi) is 5.41. The zero-order valence-corrected chi connectivity index (χ0v) is 14.3. The summed E-state index contributed by atoms with van der Waals surface area (Å²) < 4.78 is 1.78. The molecule has 0 bridgehead atoms. The molecule has 5 N–H and O–H groups in total. The first-order chi connectivity index (χ1) is 11.5. The Bertz CT molecular complexity index is 938. The number of aromatic nitrogens is 2. The summed E-state index contributed by atoms with van der Waals surface area (Å²) in [5, 5.41) is 7.91. The lowest BCUT2D eigenvalue weighted by atomic mass is 10.2. The molecule has 7 nitrogen and oxygen atoms in total. The first kappa shape index (κ1) is 18.4. The van der Waals surface area contributed by atoms with Crippen LogP contribution < -0.4 is 16.8 Å². The lowest BCUT2D eigenvalue weighted by Crippen LogP contribution is -2.46. The van der Waals surface area contributed by atoms with Crippen molar-refractivity contribution in [1.82, 2.24) is 9.78 Å². The van der Waals surface area contributed by atoms with Crippen LogP contribution in [-0.2, 0) is 9.59 Å². The average Bonchev–Trinajstić information content (AvgIpc) is 2.97. The third-order valence-electron chi connectivity index (χ3n) is 3.67. The summed E-state index contributed by atoms with van der Waals surface area (Å²) in [6.07, 6.45) is 1.75. The zero-order valence-electron chi connectivity index (χ0n) is 13.5. The van der Waals surface area contributed by atoms with Gasteiger partial charge in [0, 0.05) is 11.1 Å². The fourth-order valence-electron chi connectivity index (χ4n) is 2.41. The molecule has 1 aromatic heterocycles. The van der Waals surface area contributed by atoms with E-state index in [1.807, 2.05) is 37.3 Å². The molecule has 25 heavy (non-hydrogen) atoms. The number of anilines is 1. The molecule has 0 saturated heterocycles. The van der Waals surface area contributed by atoms with Crippen molar-refractivity contribution in [2.24, 2.45) is 11.5 Å². The Morgan fingerprint density at radius 3 is 2.64 bits per heavy atom. The molecular formula is C17H18ClN5O2. The number of nitrogens with one attached hydrogen (secondary N) is 1. The molecule has 2 aromatic carbocycles. The van der Waals surface area contributed by atoms with Crippen molar-refractivity contribution in [1.29, 1.82) is 0 Å². The van der Waals surface area contributed by atoms with Gasteiger partial charge in [-0.1, -0.05) is 12.1 Å². The second kappa shape index (κ2) is 7.33. The number of nitrogens with zero attached hydrogens (tertiary/aromatic N) is 2. The molecule has 3 aromatic rings. The molecule has 0 aliphatic heterocycles. The molecule has 0 spiro atoms. The highest BCUT2D eigenvalue weighted by Gasteiger charge is 2.19. The standard InChI is InChI=1S/C17H17N5O2.ClH/c1-10-3-2-4-13(7-10)22-14-8-12(6-5-11(14)9-20-22)21-17(24)15(18)16(19)23;/h2-9,15H,18H2,1H3,(H2,19,23)(H,21,24);1H. The largest absolute Gasteiger partial charge is 0.368 e. The number of rotatable bonds is 4. The van der Waals surface area contributed by atoms with E-state index in [2.05, 4.69) is 10.4 Å². The summed E-state index contributed by atoms with van der Waals surface area (Å²) >= 11 is 0. The van der Waals surface area contributed by atoms with Crippen LogP contribution in [0.15, 0.2) is 48.7 Å². The number of carbonyl (C=O) groups is 2. The van der Waals surface area contributed by atoms with E-state index in [1.54, 1.807) is 23.0 Å². The molecule has 1 heterocycles. The highest BCUT2D eigenvalue weighted by Crippen LogP contribution is 2.22. The molecular weight excluding hydrogens is 342 g/mol. The fourth-order valence-corrected chi connectivity index (χ4v) is 2.41. The van der Waals surface area contributed by atoms with Crippen LogP contribution in [0.25, 0.3) is 16.6 Å². The van der Waals surface area contributed by atoms with Crippen LogP contribution in [0.4, 0.5) is 5.69 Å². The zero-order chi connectivity index (χ0) is 17.3. The summed E-state index contributed by atoms with van der Waals surface area (Å²) in [4.78, 5) is 22.9. The molecule has 0 aliphatic rings. The van der Waals surface area contributed by atoms with Gasteiger partial charge in [-0.3, -0.25) is 9.59 Å². The van der Waals surface area contributed by atoms with Crippen molar-refractivity contribution in [3.63, 3.8) is 0 Å². The van der Waals surface area contributed by atoms with Gasteiger partial charge in [0.25, 0.3) is 5.91 Å². The van der Waals surface area contributed by atoms with Crippen LogP contribution in [0.1, 0.15) is 5.56 Å². The van der Waals surface area contributed by atoms with Gasteiger partial charge < -0.3 is 16.8 Å². The molecule has 1 atom stereocenters. The minimum atomic E-state index is -1.39. The predicted octanol–water partition coefficient (Wildman–Crippen LogP) is 1.51. The van der Waals surface area contributed by atoms with E-state index in [0.717, 1.165) is 22.2 Å². The molecule has 0 aliphatic carbocycles. The van der Waals surface area contributed by atoms with Gasteiger partial charge in [0.1, 0.15) is 0 Å². The van der Waals surface area contributed by atoms with Crippen LogP contribution in [0.5, 0.6) is 0 Å². The van der Waals surface area contributed by atoms with Gasteiger partial charge in [0.2, 0.25) is 5.91 Å². The predicted molar refractivity (Wildman–Crippen MR) is 98.9 cm³/mol. The number of amides is 2. The fraction of sp³-hybridized carbons (Fsp3) is 0.118. The van der Waals surface area contributed by atoms with Gasteiger partial charge in [-0.15, -0.1) is 12.4 Å². The van der Waals surface area contributed by atoms with Gasteiger partial charge in [-0.05, 0) is 42.8 Å².